The minimum Gasteiger partial charge on any atom is -0.484 e. The minimum absolute atomic E-state index is 0.0568. The second kappa shape index (κ2) is 11.2. The molecule has 0 radical (unpaired) electrons. The number of carbonyl (C=O) groups excluding carboxylic acids is 1. The van der Waals surface area contributed by atoms with Gasteiger partial charge in [-0.15, -0.1) is 0 Å². The van der Waals surface area contributed by atoms with Crippen molar-refractivity contribution < 1.29 is 26.4 Å². The van der Waals surface area contributed by atoms with Gasteiger partial charge in [-0.3, -0.25) is 4.79 Å². The average Bonchev–Trinajstić information content (AvgIpc) is 2.84. The largest absolute Gasteiger partial charge is 0.484 e. The highest BCUT2D eigenvalue weighted by atomic mass is 32.2. The zero-order valence-corrected chi connectivity index (χ0v) is 22.1. The van der Waals surface area contributed by atoms with Crippen molar-refractivity contribution in [3.63, 3.8) is 0 Å². The van der Waals surface area contributed by atoms with E-state index in [0.29, 0.717) is 17.0 Å². The molecule has 11 heteroatoms. The van der Waals surface area contributed by atoms with Crippen molar-refractivity contribution in [3.05, 3.63) is 83.9 Å². The molecule has 0 aliphatic heterocycles. The fourth-order valence-corrected chi connectivity index (χ4v) is 5.43. The molecule has 0 aliphatic carbocycles. The van der Waals surface area contributed by atoms with E-state index in [1.165, 1.54) is 50.5 Å². The zero-order chi connectivity index (χ0) is 26.5. The van der Waals surface area contributed by atoms with E-state index in [1.54, 1.807) is 19.9 Å². The van der Waals surface area contributed by atoms with Gasteiger partial charge < -0.3 is 10.1 Å². The minimum atomic E-state index is -3.76. The van der Waals surface area contributed by atoms with Crippen molar-refractivity contribution in [2.24, 2.45) is 0 Å². The van der Waals surface area contributed by atoms with Crippen LogP contribution in [0.1, 0.15) is 24.1 Å². The fraction of sp³-hybridized carbons (Fsp3) is 0.240. The van der Waals surface area contributed by atoms with Gasteiger partial charge in [0.25, 0.3) is 5.91 Å². The number of hydrogen-bond acceptors (Lipinski definition) is 6. The molecule has 3 aromatic rings. The van der Waals surface area contributed by atoms with E-state index in [1.807, 2.05) is 30.3 Å². The standard InChI is InChI=1S/C25H29N3O6S2/c1-18-10-13-23(36(32,33)28(3)4)16-24(18)26-25(29)17-34-21-11-14-22(15-12-21)35(30,31)27-19(2)20-8-6-5-7-9-20/h5-16,19,27H,17H2,1-4H3,(H,26,29)/t19-/m0/s1. The highest BCUT2D eigenvalue weighted by molar-refractivity contribution is 7.89. The number of aryl methyl sites for hydroxylation is 1. The summed E-state index contributed by atoms with van der Waals surface area (Å²) >= 11 is 0. The number of sulfonamides is 2. The SMILES string of the molecule is Cc1ccc(S(=O)(=O)N(C)C)cc1NC(=O)COc1ccc(S(=O)(=O)N[C@@H](C)c2ccccc2)cc1. The Bertz CT molecular complexity index is 1420. The number of nitrogens with zero attached hydrogens (tertiary/aromatic N) is 1. The fourth-order valence-electron chi connectivity index (χ4n) is 3.27. The average molecular weight is 532 g/mol. The maximum atomic E-state index is 12.7. The molecule has 36 heavy (non-hydrogen) atoms. The van der Waals surface area contributed by atoms with Crippen LogP contribution in [0.25, 0.3) is 0 Å². The lowest BCUT2D eigenvalue weighted by molar-refractivity contribution is -0.118. The molecule has 9 nitrogen and oxygen atoms in total. The van der Waals surface area contributed by atoms with Crippen molar-refractivity contribution in [2.45, 2.75) is 29.7 Å². The Balaban J connectivity index is 1.61. The number of ether oxygens (including phenoxy) is 1. The second-order valence-electron chi connectivity index (χ2n) is 8.33. The summed E-state index contributed by atoms with van der Waals surface area (Å²) in [5.74, 6) is -0.187. The lowest BCUT2D eigenvalue weighted by atomic mass is 10.1. The van der Waals surface area contributed by atoms with E-state index in [0.717, 1.165) is 9.87 Å². The van der Waals surface area contributed by atoms with Crippen LogP contribution in [0.3, 0.4) is 0 Å². The molecule has 3 aromatic carbocycles. The topological polar surface area (TPSA) is 122 Å². The lowest BCUT2D eigenvalue weighted by Gasteiger charge is -2.15. The monoisotopic (exact) mass is 531 g/mol. The van der Waals surface area contributed by atoms with Crippen LogP contribution in [0, 0.1) is 6.92 Å². The molecular weight excluding hydrogens is 502 g/mol. The summed E-state index contributed by atoms with van der Waals surface area (Å²) in [6.07, 6.45) is 0. The molecule has 0 unspecified atom stereocenters. The van der Waals surface area contributed by atoms with Gasteiger partial charge in [0.15, 0.2) is 6.61 Å². The van der Waals surface area contributed by atoms with Gasteiger partial charge in [0.2, 0.25) is 20.0 Å². The van der Waals surface area contributed by atoms with E-state index in [2.05, 4.69) is 10.0 Å². The molecule has 0 fully saturated rings. The summed E-state index contributed by atoms with van der Waals surface area (Å²) < 4.78 is 59.3. The third-order valence-corrected chi connectivity index (χ3v) is 8.76. The molecule has 0 heterocycles. The van der Waals surface area contributed by atoms with E-state index in [-0.39, 0.29) is 16.4 Å². The number of amides is 1. The van der Waals surface area contributed by atoms with E-state index in [4.69, 9.17) is 4.74 Å². The molecule has 1 amide bonds. The van der Waals surface area contributed by atoms with Gasteiger partial charge in [0.05, 0.1) is 9.79 Å². The van der Waals surface area contributed by atoms with E-state index >= 15 is 0 Å². The first-order valence-electron chi connectivity index (χ1n) is 11.0. The maximum Gasteiger partial charge on any atom is 0.262 e. The van der Waals surface area contributed by atoms with E-state index in [9.17, 15) is 21.6 Å². The van der Waals surface area contributed by atoms with Crippen LogP contribution in [0.2, 0.25) is 0 Å². The normalized spacial score (nSPS) is 12.8. The van der Waals surface area contributed by atoms with Gasteiger partial charge in [-0.1, -0.05) is 36.4 Å². The Labute approximate surface area is 212 Å². The van der Waals surface area contributed by atoms with Crippen molar-refractivity contribution >= 4 is 31.6 Å². The van der Waals surface area contributed by atoms with Crippen LogP contribution in [0.15, 0.2) is 82.6 Å². The number of benzene rings is 3. The first-order valence-corrected chi connectivity index (χ1v) is 14.0. The summed E-state index contributed by atoms with van der Waals surface area (Å²) in [5.41, 5.74) is 1.88. The van der Waals surface area contributed by atoms with E-state index < -0.39 is 32.0 Å². The molecule has 2 N–H and O–H groups in total. The summed E-state index contributed by atoms with van der Waals surface area (Å²) in [6.45, 7) is 3.16. The zero-order valence-electron chi connectivity index (χ0n) is 20.4. The predicted molar refractivity (Wildman–Crippen MR) is 138 cm³/mol. The summed E-state index contributed by atoms with van der Waals surface area (Å²) in [4.78, 5) is 12.5. The molecule has 192 valence electrons. The second-order valence-corrected chi connectivity index (χ2v) is 12.2. The number of hydrogen-bond donors (Lipinski definition) is 2. The Kier molecular flexibility index (Phi) is 8.51. The summed E-state index contributed by atoms with van der Waals surface area (Å²) in [5, 5.41) is 2.65. The van der Waals surface area contributed by atoms with Gasteiger partial charge in [-0.25, -0.2) is 25.9 Å². The first kappa shape index (κ1) is 27.3. The smallest absolute Gasteiger partial charge is 0.262 e. The van der Waals surface area contributed by atoms with Crippen molar-refractivity contribution in [2.75, 3.05) is 26.0 Å². The van der Waals surface area contributed by atoms with Gasteiger partial charge in [0, 0.05) is 25.8 Å². The molecule has 0 spiro atoms. The van der Waals surface area contributed by atoms with Crippen molar-refractivity contribution in [1.82, 2.24) is 9.03 Å². The number of anilines is 1. The van der Waals surface area contributed by atoms with Crippen LogP contribution in [-0.2, 0) is 24.8 Å². The van der Waals surface area contributed by atoms with Gasteiger partial charge in [0.1, 0.15) is 5.75 Å². The third-order valence-electron chi connectivity index (χ3n) is 5.40. The Morgan fingerprint density at radius 2 is 1.53 bits per heavy atom. The van der Waals surface area contributed by atoms with Crippen LogP contribution in [0.5, 0.6) is 5.75 Å². The molecule has 0 aromatic heterocycles. The number of carbonyl (C=O) groups is 1. The van der Waals surface area contributed by atoms with Crippen LogP contribution >= 0.6 is 0 Å². The third kappa shape index (κ3) is 6.70. The van der Waals surface area contributed by atoms with Crippen LogP contribution in [0.4, 0.5) is 5.69 Å². The molecular formula is C25H29N3O6S2. The molecule has 1 atom stereocenters. The van der Waals surface area contributed by atoms with Crippen molar-refractivity contribution in [3.8, 4) is 5.75 Å². The number of rotatable bonds is 10. The van der Waals surface area contributed by atoms with Crippen LogP contribution in [-0.4, -0.2) is 47.8 Å². The Morgan fingerprint density at radius 3 is 2.14 bits per heavy atom. The lowest BCUT2D eigenvalue weighted by Crippen LogP contribution is -2.26. The maximum absolute atomic E-state index is 12.7. The van der Waals surface area contributed by atoms with Crippen LogP contribution < -0.4 is 14.8 Å². The number of nitrogens with one attached hydrogen (secondary N) is 2. The highest BCUT2D eigenvalue weighted by Gasteiger charge is 2.20. The summed E-state index contributed by atoms with van der Waals surface area (Å²) in [6, 6.07) is 19.0. The Hall–Kier alpha value is -3.25. The van der Waals surface area contributed by atoms with Gasteiger partial charge in [-0.2, -0.15) is 0 Å². The molecule has 0 bridgehead atoms. The first-order chi connectivity index (χ1) is 16.9. The highest BCUT2D eigenvalue weighted by Crippen LogP contribution is 2.23. The quantitative estimate of drug-likeness (QED) is 0.414. The van der Waals surface area contributed by atoms with Crippen molar-refractivity contribution in [1.29, 1.82) is 0 Å². The molecule has 0 saturated heterocycles. The van der Waals surface area contributed by atoms with Gasteiger partial charge >= 0.3 is 0 Å². The predicted octanol–water partition coefficient (Wildman–Crippen LogP) is 3.30. The molecule has 0 aliphatic rings. The summed E-state index contributed by atoms with van der Waals surface area (Å²) in [7, 11) is -4.55. The molecule has 0 saturated carbocycles. The van der Waals surface area contributed by atoms with Gasteiger partial charge in [-0.05, 0) is 61.4 Å². The molecule has 3 rings (SSSR count). The Morgan fingerprint density at radius 1 is 0.917 bits per heavy atom.